The highest BCUT2D eigenvalue weighted by Crippen LogP contribution is 2.44. The number of nitrogens with one attached hydrogen (secondary N) is 1. The highest BCUT2D eigenvalue weighted by molar-refractivity contribution is 9.10. The van der Waals surface area contributed by atoms with Gasteiger partial charge in [0.25, 0.3) is 0 Å². The van der Waals surface area contributed by atoms with Crippen molar-refractivity contribution in [2.24, 2.45) is 5.73 Å². The molecule has 0 saturated heterocycles. The van der Waals surface area contributed by atoms with Crippen molar-refractivity contribution >= 4 is 38.4 Å². The maximum Gasteiger partial charge on any atom is 0.203 e. The van der Waals surface area contributed by atoms with Crippen LogP contribution in [0.3, 0.4) is 0 Å². The Morgan fingerprint density at radius 1 is 1.00 bits per heavy atom. The van der Waals surface area contributed by atoms with Gasteiger partial charge in [0.1, 0.15) is 0 Å². The van der Waals surface area contributed by atoms with Gasteiger partial charge in [-0.05, 0) is 55.6 Å². The van der Waals surface area contributed by atoms with E-state index in [0.717, 1.165) is 45.9 Å². The van der Waals surface area contributed by atoms with Gasteiger partial charge < -0.3 is 24.9 Å². The smallest absolute Gasteiger partial charge is 0.203 e. The van der Waals surface area contributed by atoms with Gasteiger partial charge in [-0.15, -0.1) is 0 Å². The molecule has 7 heteroatoms. The number of aromatic nitrogens is 1. The topological polar surface area (TPSA) is 69.5 Å². The Morgan fingerprint density at radius 3 is 2.25 bits per heavy atom. The van der Waals surface area contributed by atoms with E-state index in [1.807, 2.05) is 18.2 Å². The van der Waals surface area contributed by atoms with Gasteiger partial charge >= 0.3 is 0 Å². The molecule has 0 bridgehead atoms. The van der Waals surface area contributed by atoms with E-state index < -0.39 is 0 Å². The normalized spacial score (nSPS) is 11.1. The number of H-pyrrole nitrogens is 1. The number of aryl methyl sites for hydroxylation is 1. The van der Waals surface area contributed by atoms with Gasteiger partial charge in [0.05, 0.1) is 37.6 Å². The van der Waals surface area contributed by atoms with Gasteiger partial charge in [0.15, 0.2) is 11.5 Å². The van der Waals surface area contributed by atoms with Crippen LogP contribution in [0.1, 0.15) is 18.4 Å². The molecule has 1 aromatic heterocycles. The lowest BCUT2D eigenvalue weighted by Crippen LogP contribution is -2.00. The van der Waals surface area contributed by atoms with Gasteiger partial charge in [-0.1, -0.05) is 27.5 Å². The number of unbranched alkanes of at least 4 members (excludes halogenated alkanes) is 1. The number of hydrogen-bond acceptors (Lipinski definition) is 4. The van der Waals surface area contributed by atoms with E-state index in [4.69, 9.17) is 31.5 Å². The van der Waals surface area contributed by atoms with E-state index in [9.17, 15) is 0 Å². The highest BCUT2D eigenvalue weighted by atomic mass is 79.9. The fourth-order valence-electron chi connectivity index (χ4n) is 3.45. The van der Waals surface area contributed by atoms with Crippen LogP contribution in [-0.4, -0.2) is 32.9 Å². The molecule has 0 fully saturated rings. The van der Waals surface area contributed by atoms with E-state index in [1.54, 1.807) is 21.3 Å². The van der Waals surface area contributed by atoms with Gasteiger partial charge in [-0.3, -0.25) is 0 Å². The Kier molecular flexibility index (Phi) is 6.75. The zero-order valence-corrected chi connectivity index (χ0v) is 18.5. The fraction of sp³-hybridized carbons (Fsp3) is 0.333. The molecule has 3 N–H and O–H groups in total. The molecule has 0 atom stereocenters. The first kappa shape index (κ1) is 20.8. The lowest BCUT2D eigenvalue weighted by Gasteiger charge is -2.14. The van der Waals surface area contributed by atoms with Crippen molar-refractivity contribution in [1.82, 2.24) is 4.98 Å². The van der Waals surface area contributed by atoms with Crippen molar-refractivity contribution in [3.05, 3.63) is 39.3 Å². The van der Waals surface area contributed by atoms with Crippen LogP contribution in [0.2, 0.25) is 5.02 Å². The largest absolute Gasteiger partial charge is 0.493 e. The Bertz CT molecular complexity index is 962. The lowest BCUT2D eigenvalue weighted by atomic mass is 9.99. The average molecular weight is 468 g/mol. The molecule has 2 aromatic carbocycles. The highest BCUT2D eigenvalue weighted by Gasteiger charge is 2.20. The van der Waals surface area contributed by atoms with Crippen LogP contribution in [-0.2, 0) is 6.42 Å². The number of ether oxygens (including phenoxy) is 3. The molecule has 0 aliphatic carbocycles. The van der Waals surface area contributed by atoms with Crippen LogP contribution in [0.15, 0.2) is 28.7 Å². The third kappa shape index (κ3) is 3.95. The van der Waals surface area contributed by atoms with Gasteiger partial charge in [-0.25, -0.2) is 0 Å². The van der Waals surface area contributed by atoms with Crippen molar-refractivity contribution in [3.8, 4) is 28.5 Å². The third-order valence-electron chi connectivity index (χ3n) is 4.77. The van der Waals surface area contributed by atoms with Crippen LogP contribution in [0.25, 0.3) is 22.2 Å². The monoisotopic (exact) mass is 466 g/mol. The quantitative estimate of drug-likeness (QED) is 0.426. The number of hydrogen-bond donors (Lipinski definition) is 2. The average Bonchev–Trinajstić information content (AvgIpc) is 3.05. The standard InChI is InChI=1S/C21H24BrClN2O3/c1-26-17-8-12(9-18(27-2)21(17)28-3)19-14(6-4-5-7-24)15-10-13(22)11-16(23)20(15)25-19/h8-11,25H,4-7,24H2,1-3H3. The van der Waals surface area contributed by atoms with Crippen molar-refractivity contribution in [1.29, 1.82) is 0 Å². The summed E-state index contributed by atoms with van der Waals surface area (Å²) in [7, 11) is 4.82. The van der Waals surface area contributed by atoms with Crippen molar-refractivity contribution in [2.45, 2.75) is 19.3 Å². The van der Waals surface area contributed by atoms with Crippen LogP contribution in [0.4, 0.5) is 0 Å². The van der Waals surface area contributed by atoms with Crippen molar-refractivity contribution in [2.75, 3.05) is 27.9 Å². The molecular weight excluding hydrogens is 444 g/mol. The van der Waals surface area contributed by atoms with E-state index >= 15 is 0 Å². The van der Waals surface area contributed by atoms with Crippen LogP contribution < -0.4 is 19.9 Å². The second kappa shape index (κ2) is 9.07. The second-order valence-corrected chi connectivity index (χ2v) is 7.77. The molecule has 0 aliphatic heterocycles. The molecule has 3 rings (SSSR count). The molecule has 0 saturated carbocycles. The minimum atomic E-state index is 0.565. The molecule has 150 valence electrons. The minimum Gasteiger partial charge on any atom is -0.493 e. The zero-order chi connectivity index (χ0) is 20.3. The molecular formula is C21H24BrClN2O3. The summed E-state index contributed by atoms with van der Waals surface area (Å²) < 4.78 is 17.5. The molecule has 0 spiro atoms. The number of rotatable bonds is 8. The first-order chi connectivity index (χ1) is 13.5. The molecule has 28 heavy (non-hydrogen) atoms. The Labute approximate surface area is 178 Å². The summed E-state index contributed by atoms with van der Waals surface area (Å²) in [6, 6.07) is 7.88. The number of benzene rings is 2. The maximum atomic E-state index is 6.51. The van der Waals surface area contributed by atoms with Gasteiger partial charge in [0, 0.05) is 15.4 Å². The summed E-state index contributed by atoms with van der Waals surface area (Å²) in [6.45, 7) is 0.673. The molecule has 5 nitrogen and oxygen atoms in total. The second-order valence-electron chi connectivity index (χ2n) is 6.45. The SMILES string of the molecule is COc1cc(-c2[nH]c3c(Cl)cc(Br)cc3c2CCCCN)cc(OC)c1OC. The number of methoxy groups -OCH3 is 3. The first-order valence-electron chi connectivity index (χ1n) is 9.04. The van der Waals surface area contributed by atoms with Crippen LogP contribution >= 0.6 is 27.5 Å². The molecule has 0 radical (unpaired) electrons. The fourth-order valence-corrected chi connectivity index (χ4v) is 4.31. The third-order valence-corrected chi connectivity index (χ3v) is 5.52. The number of aromatic amines is 1. The molecule has 3 aromatic rings. The number of fused-ring (bicyclic) bond motifs is 1. The lowest BCUT2D eigenvalue weighted by molar-refractivity contribution is 0.324. The molecule has 0 aliphatic rings. The predicted octanol–water partition coefficient (Wildman–Crippen LogP) is 5.56. The Morgan fingerprint density at radius 2 is 1.68 bits per heavy atom. The van der Waals surface area contributed by atoms with Crippen molar-refractivity contribution < 1.29 is 14.2 Å². The number of nitrogens with two attached hydrogens (primary N) is 1. The maximum absolute atomic E-state index is 6.51. The molecule has 0 unspecified atom stereocenters. The molecule has 0 amide bonds. The van der Waals surface area contributed by atoms with Crippen LogP contribution in [0, 0.1) is 0 Å². The zero-order valence-electron chi connectivity index (χ0n) is 16.2. The first-order valence-corrected chi connectivity index (χ1v) is 10.2. The predicted molar refractivity (Wildman–Crippen MR) is 118 cm³/mol. The summed E-state index contributed by atoms with van der Waals surface area (Å²) >= 11 is 10.1. The Hall–Kier alpha value is -1.89. The molecule has 1 heterocycles. The van der Waals surface area contributed by atoms with E-state index in [1.165, 1.54) is 5.56 Å². The van der Waals surface area contributed by atoms with Crippen LogP contribution in [0.5, 0.6) is 17.2 Å². The van der Waals surface area contributed by atoms with E-state index in [0.29, 0.717) is 28.8 Å². The number of halogens is 2. The van der Waals surface area contributed by atoms with Gasteiger partial charge in [-0.2, -0.15) is 0 Å². The van der Waals surface area contributed by atoms with Crippen molar-refractivity contribution in [3.63, 3.8) is 0 Å². The summed E-state index contributed by atoms with van der Waals surface area (Å²) in [5.74, 6) is 1.78. The summed E-state index contributed by atoms with van der Waals surface area (Å²) in [4.78, 5) is 3.51. The van der Waals surface area contributed by atoms with Gasteiger partial charge in [0.2, 0.25) is 5.75 Å². The summed E-state index contributed by atoms with van der Waals surface area (Å²) in [5.41, 5.74) is 9.75. The summed E-state index contributed by atoms with van der Waals surface area (Å²) in [6.07, 6.45) is 2.84. The van der Waals surface area contributed by atoms with E-state index in [2.05, 4.69) is 27.0 Å². The minimum absolute atomic E-state index is 0.565. The summed E-state index contributed by atoms with van der Waals surface area (Å²) in [5, 5.41) is 1.77. The van der Waals surface area contributed by atoms with E-state index in [-0.39, 0.29) is 0 Å². The Balaban J connectivity index is 2.24.